The third-order valence-electron chi connectivity index (χ3n) is 4.03. The molecule has 0 spiro atoms. The maximum absolute atomic E-state index is 11.4. The first kappa shape index (κ1) is 14.3. The third-order valence-corrected chi connectivity index (χ3v) is 4.03. The van der Waals surface area contributed by atoms with E-state index in [4.69, 9.17) is 4.74 Å². The Morgan fingerprint density at radius 3 is 2.47 bits per heavy atom. The molecule has 0 N–H and O–H groups in total. The normalized spacial score (nSPS) is 23.2. The molecule has 0 amide bonds. The standard InChI is InChI=1S/C17H24O2/c1-2-16(18)12-14-8-10-17(11-9-14)19-13-15-6-4-3-5-7-15/h3-7,14,17H,2,8-13H2,1H3. The molecule has 2 heteroatoms. The van der Waals surface area contributed by atoms with Crippen LogP contribution in [-0.2, 0) is 16.1 Å². The zero-order chi connectivity index (χ0) is 13.5. The Morgan fingerprint density at radius 1 is 1.16 bits per heavy atom. The number of ketones is 1. The molecule has 1 fully saturated rings. The van der Waals surface area contributed by atoms with Crippen molar-refractivity contribution in [1.82, 2.24) is 0 Å². The van der Waals surface area contributed by atoms with Crippen LogP contribution < -0.4 is 0 Å². The predicted octanol–water partition coefficient (Wildman–Crippen LogP) is 4.13. The fourth-order valence-corrected chi connectivity index (χ4v) is 2.76. The maximum atomic E-state index is 11.4. The van der Waals surface area contributed by atoms with E-state index in [2.05, 4.69) is 12.1 Å². The molecule has 0 heterocycles. The summed E-state index contributed by atoms with van der Waals surface area (Å²) in [4.78, 5) is 11.4. The van der Waals surface area contributed by atoms with Crippen LogP contribution >= 0.6 is 0 Å². The van der Waals surface area contributed by atoms with Gasteiger partial charge in [-0.1, -0.05) is 37.3 Å². The summed E-state index contributed by atoms with van der Waals surface area (Å²) in [7, 11) is 0. The topological polar surface area (TPSA) is 26.3 Å². The second-order valence-corrected chi connectivity index (χ2v) is 5.54. The van der Waals surface area contributed by atoms with Crippen LogP contribution in [0, 0.1) is 5.92 Å². The fraction of sp³-hybridized carbons (Fsp3) is 0.588. The van der Waals surface area contributed by atoms with Gasteiger partial charge in [0.1, 0.15) is 5.78 Å². The van der Waals surface area contributed by atoms with Gasteiger partial charge in [-0.2, -0.15) is 0 Å². The van der Waals surface area contributed by atoms with E-state index in [-0.39, 0.29) is 0 Å². The largest absolute Gasteiger partial charge is 0.374 e. The summed E-state index contributed by atoms with van der Waals surface area (Å²) < 4.78 is 5.96. The minimum atomic E-state index is 0.383. The molecule has 19 heavy (non-hydrogen) atoms. The smallest absolute Gasteiger partial charge is 0.132 e. The van der Waals surface area contributed by atoms with Gasteiger partial charge in [0.15, 0.2) is 0 Å². The summed E-state index contributed by atoms with van der Waals surface area (Å²) in [5.41, 5.74) is 1.24. The Morgan fingerprint density at radius 2 is 1.84 bits per heavy atom. The summed E-state index contributed by atoms with van der Waals surface area (Å²) in [5, 5.41) is 0. The Balaban J connectivity index is 1.67. The van der Waals surface area contributed by atoms with E-state index in [1.165, 1.54) is 5.56 Å². The number of hydrogen-bond donors (Lipinski definition) is 0. The lowest BCUT2D eigenvalue weighted by Gasteiger charge is -2.28. The minimum absolute atomic E-state index is 0.383. The van der Waals surface area contributed by atoms with Crippen molar-refractivity contribution in [2.75, 3.05) is 0 Å². The molecule has 0 bridgehead atoms. The molecule has 1 aromatic carbocycles. The van der Waals surface area contributed by atoms with Crippen LogP contribution in [0.5, 0.6) is 0 Å². The van der Waals surface area contributed by atoms with Crippen molar-refractivity contribution in [1.29, 1.82) is 0 Å². The molecule has 0 aliphatic heterocycles. The van der Waals surface area contributed by atoms with Gasteiger partial charge < -0.3 is 4.74 Å². The molecule has 0 radical (unpaired) electrons. The number of benzene rings is 1. The van der Waals surface area contributed by atoms with Crippen molar-refractivity contribution in [2.24, 2.45) is 5.92 Å². The molecule has 1 aromatic rings. The Hall–Kier alpha value is -1.15. The molecular formula is C17H24O2. The highest BCUT2D eigenvalue weighted by Crippen LogP contribution is 2.29. The van der Waals surface area contributed by atoms with E-state index >= 15 is 0 Å². The summed E-state index contributed by atoms with van der Waals surface area (Å²) in [5.74, 6) is 1.01. The van der Waals surface area contributed by atoms with Crippen molar-refractivity contribution in [2.45, 2.75) is 58.2 Å². The van der Waals surface area contributed by atoms with E-state index in [1.807, 2.05) is 25.1 Å². The van der Waals surface area contributed by atoms with E-state index in [0.717, 1.165) is 32.1 Å². The highest BCUT2D eigenvalue weighted by atomic mass is 16.5. The van der Waals surface area contributed by atoms with Gasteiger partial charge in [-0.25, -0.2) is 0 Å². The van der Waals surface area contributed by atoms with E-state index in [0.29, 0.717) is 30.8 Å². The first-order chi connectivity index (χ1) is 9.28. The lowest BCUT2D eigenvalue weighted by Crippen LogP contribution is -2.23. The van der Waals surface area contributed by atoms with Crippen LogP contribution in [0.25, 0.3) is 0 Å². The Labute approximate surface area is 116 Å². The van der Waals surface area contributed by atoms with Gasteiger partial charge in [-0.15, -0.1) is 0 Å². The minimum Gasteiger partial charge on any atom is -0.374 e. The summed E-state index contributed by atoms with van der Waals surface area (Å²) >= 11 is 0. The van der Waals surface area contributed by atoms with Crippen molar-refractivity contribution < 1.29 is 9.53 Å². The van der Waals surface area contributed by atoms with Crippen molar-refractivity contribution in [3.63, 3.8) is 0 Å². The van der Waals surface area contributed by atoms with Crippen molar-refractivity contribution in [3.05, 3.63) is 35.9 Å². The number of rotatable bonds is 6. The number of ether oxygens (including phenoxy) is 1. The number of Topliss-reactive ketones (excluding diaryl/α,β-unsaturated/α-hetero) is 1. The number of carbonyl (C=O) groups excluding carboxylic acids is 1. The van der Waals surface area contributed by atoms with Crippen molar-refractivity contribution >= 4 is 5.78 Å². The van der Waals surface area contributed by atoms with Gasteiger partial charge in [0, 0.05) is 12.8 Å². The lowest BCUT2D eigenvalue weighted by molar-refractivity contribution is -0.120. The monoisotopic (exact) mass is 260 g/mol. The van der Waals surface area contributed by atoms with Crippen LogP contribution in [0.4, 0.5) is 0 Å². The molecule has 2 rings (SSSR count). The first-order valence-electron chi connectivity index (χ1n) is 7.45. The van der Waals surface area contributed by atoms with E-state index in [1.54, 1.807) is 0 Å². The second kappa shape index (κ2) is 7.44. The van der Waals surface area contributed by atoms with Crippen LogP contribution in [-0.4, -0.2) is 11.9 Å². The molecule has 104 valence electrons. The molecule has 2 nitrogen and oxygen atoms in total. The molecule has 1 aliphatic rings. The summed E-state index contributed by atoms with van der Waals surface area (Å²) in [6, 6.07) is 10.3. The molecule has 0 atom stereocenters. The first-order valence-corrected chi connectivity index (χ1v) is 7.45. The Kier molecular flexibility index (Phi) is 5.59. The van der Waals surface area contributed by atoms with Gasteiger partial charge in [0.25, 0.3) is 0 Å². The van der Waals surface area contributed by atoms with E-state index < -0.39 is 0 Å². The highest BCUT2D eigenvalue weighted by molar-refractivity contribution is 5.78. The van der Waals surface area contributed by atoms with Crippen LogP contribution in [0.1, 0.15) is 51.0 Å². The molecule has 0 unspecified atom stereocenters. The summed E-state index contributed by atoms with van der Waals surface area (Å²) in [6.45, 7) is 2.67. The van der Waals surface area contributed by atoms with Gasteiger partial charge in [-0.05, 0) is 37.2 Å². The lowest BCUT2D eigenvalue weighted by atomic mass is 9.84. The van der Waals surface area contributed by atoms with E-state index in [9.17, 15) is 4.79 Å². The number of hydrogen-bond acceptors (Lipinski definition) is 2. The summed E-state index contributed by atoms with van der Waals surface area (Å²) in [6.07, 6.45) is 6.35. The zero-order valence-electron chi connectivity index (χ0n) is 11.8. The molecule has 0 aromatic heterocycles. The van der Waals surface area contributed by atoms with Crippen LogP contribution in [0.2, 0.25) is 0 Å². The maximum Gasteiger partial charge on any atom is 0.132 e. The highest BCUT2D eigenvalue weighted by Gasteiger charge is 2.22. The number of carbonyl (C=O) groups is 1. The zero-order valence-corrected chi connectivity index (χ0v) is 11.8. The quantitative estimate of drug-likeness (QED) is 0.768. The van der Waals surface area contributed by atoms with Crippen molar-refractivity contribution in [3.8, 4) is 0 Å². The average Bonchev–Trinajstić information content (AvgIpc) is 2.47. The van der Waals surface area contributed by atoms with Gasteiger partial charge in [0.05, 0.1) is 12.7 Å². The van der Waals surface area contributed by atoms with Gasteiger partial charge >= 0.3 is 0 Å². The average molecular weight is 260 g/mol. The predicted molar refractivity (Wildman–Crippen MR) is 76.9 cm³/mol. The van der Waals surface area contributed by atoms with Crippen LogP contribution in [0.15, 0.2) is 30.3 Å². The van der Waals surface area contributed by atoms with Gasteiger partial charge in [-0.3, -0.25) is 4.79 Å². The molecular weight excluding hydrogens is 236 g/mol. The Bertz CT molecular complexity index is 378. The SMILES string of the molecule is CCC(=O)CC1CCC(OCc2ccccc2)CC1. The second-order valence-electron chi connectivity index (χ2n) is 5.54. The molecule has 1 saturated carbocycles. The molecule has 1 aliphatic carbocycles. The van der Waals surface area contributed by atoms with Gasteiger partial charge in [0.2, 0.25) is 0 Å². The van der Waals surface area contributed by atoms with Crippen LogP contribution in [0.3, 0.4) is 0 Å². The third kappa shape index (κ3) is 4.79. The molecule has 0 saturated heterocycles. The fourth-order valence-electron chi connectivity index (χ4n) is 2.76.